The van der Waals surface area contributed by atoms with Crippen LogP contribution < -0.4 is 0 Å². The van der Waals surface area contributed by atoms with Crippen LogP contribution in [0.2, 0.25) is 5.02 Å². The summed E-state index contributed by atoms with van der Waals surface area (Å²) in [5, 5.41) is 0.0195. The zero-order chi connectivity index (χ0) is 13.3. The molecule has 0 saturated carbocycles. The lowest BCUT2D eigenvalue weighted by molar-refractivity contribution is 0.103. The van der Waals surface area contributed by atoms with E-state index in [1.807, 2.05) is 0 Å². The molecule has 2 aromatic carbocycles. The molecule has 0 amide bonds. The zero-order valence-electron chi connectivity index (χ0n) is 8.88. The molecule has 0 aliphatic heterocycles. The third-order valence-corrected chi connectivity index (χ3v) is 2.63. The highest BCUT2D eigenvalue weighted by Crippen LogP contribution is 2.21. The first-order valence-corrected chi connectivity index (χ1v) is 5.31. The fourth-order valence-electron chi connectivity index (χ4n) is 1.51. The van der Waals surface area contributed by atoms with Gasteiger partial charge in [-0.3, -0.25) is 4.79 Å². The number of rotatable bonds is 2. The van der Waals surface area contributed by atoms with Gasteiger partial charge in [0.25, 0.3) is 0 Å². The maximum Gasteiger partial charge on any atom is 0.194 e. The fraction of sp³-hybridized carbons (Fsp3) is 0. The van der Waals surface area contributed by atoms with Crippen LogP contribution in [-0.4, -0.2) is 5.78 Å². The molecule has 1 nitrogen and oxygen atoms in total. The van der Waals surface area contributed by atoms with Gasteiger partial charge in [-0.1, -0.05) is 11.6 Å². The first-order chi connectivity index (χ1) is 8.47. The molecule has 5 heteroatoms. The van der Waals surface area contributed by atoms with E-state index in [4.69, 9.17) is 11.6 Å². The van der Waals surface area contributed by atoms with Gasteiger partial charge in [-0.2, -0.15) is 0 Å². The van der Waals surface area contributed by atoms with Crippen molar-refractivity contribution in [3.63, 3.8) is 0 Å². The molecular formula is C13H6ClF3O. The zero-order valence-corrected chi connectivity index (χ0v) is 9.64. The minimum absolute atomic E-state index is 0.0195. The molecule has 0 aliphatic rings. The van der Waals surface area contributed by atoms with Crippen LogP contribution >= 0.6 is 11.6 Å². The number of ketones is 1. The number of benzene rings is 2. The van der Waals surface area contributed by atoms with E-state index in [9.17, 15) is 18.0 Å². The average molecular weight is 271 g/mol. The average Bonchev–Trinajstić information content (AvgIpc) is 2.30. The van der Waals surface area contributed by atoms with E-state index in [2.05, 4.69) is 0 Å². The van der Waals surface area contributed by atoms with Crippen molar-refractivity contribution in [3.05, 3.63) is 70.0 Å². The second-order valence-corrected chi connectivity index (χ2v) is 4.02. The Hall–Kier alpha value is -1.81. The van der Waals surface area contributed by atoms with Crippen molar-refractivity contribution in [1.29, 1.82) is 0 Å². The number of hydrogen-bond donors (Lipinski definition) is 0. The molecule has 0 aliphatic carbocycles. The van der Waals surface area contributed by atoms with Crippen LogP contribution in [0.4, 0.5) is 13.2 Å². The SMILES string of the molecule is O=C(c1cc(F)cc(F)c1)c1cc(F)ccc1Cl. The molecular weight excluding hydrogens is 265 g/mol. The number of hydrogen-bond acceptors (Lipinski definition) is 1. The molecule has 0 unspecified atom stereocenters. The van der Waals surface area contributed by atoms with Crippen molar-refractivity contribution in [1.82, 2.24) is 0 Å². The van der Waals surface area contributed by atoms with Crippen molar-refractivity contribution in [2.45, 2.75) is 0 Å². The maximum absolute atomic E-state index is 13.0. The van der Waals surface area contributed by atoms with Crippen molar-refractivity contribution < 1.29 is 18.0 Å². The number of carbonyl (C=O) groups is 1. The molecule has 0 heterocycles. The number of halogens is 4. The third kappa shape index (κ3) is 2.54. The van der Waals surface area contributed by atoms with Crippen molar-refractivity contribution >= 4 is 17.4 Å². The first-order valence-electron chi connectivity index (χ1n) is 4.93. The van der Waals surface area contributed by atoms with E-state index >= 15 is 0 Å². The molecule has 2 rings (SSSR count). The van der Waals surface area contributed by atoms with Gasteiger partial charge in [0.15, 0.2) is 5.78 Å². The molecule has 0 atom stereocenters. The van der Waals surface area contributed by atoms with Crippen molar-refractivity contribution in [2.24, 2.45) is 0 Å². The predicted octanol–water partition coefficient (Wildman–Crippen LogP) is 3.99. The van der Waals surface area contributed by atoms with Crippen LogP contribution in [0.5, 0.6) is 0 Å². The van der Waals surface area contributed by atoms with E-state index < -0.39 is 23.2 Å². The van der Waals surface area contributed by atoms with E-state index in [-0.39, 0.29) is 16.1 Å². The maximum atomic E-state index is 13.0. The summed E-state index contributed by atoms with van der Waals surface area (Å²) in [7, 11) is 0. The van der Waals surface area contributed by atoms with Crippen LogP contribution in [-0.2, 0) is 0 Å². The normalized spacial score (nSPS) is 10.4. The van der Waals surface area contributed by atoms with Crippen LogP contribution in [0.15, 0.2) is 36.4 Å². The van der Waals surface area contributed by atoms with E-state index in [0.717, 1.165) is 24.3 Å². The Balaban J connectivity index is 2.51. The molecule has 0 radical (unpaired) electrons. The highest BCUT2D eigenvalue weighted by atomic mass is 35.5. The molecule has 0 spiro atoms. The van der Waals surface area contributed by atoms with Gasteiger partial charge < -0.3 is 0 Å². The fourth-order valence-corrected chi connectivity index (χ4v) is 1.72. The third-order valence-electron chi connectivity index (χ3n) is 2.30. The lowest BCUT2D eigenvalue weighted by atomic mass is 10.0. The van der Waals surface area contributed by atoms with Crippen LogP contribution in [0, 0.1) is 17.5 Å². The molecule has 0 fully saturated rings. The van der Waals surface area contributed by atoms with Gasteiger partial charge in [-0.25, -0.2) is 13.2 Å². The standard InChI is InChI=1S/C13H6ClF3O/c14-12-2-1-8(15)6-11(12)13(18)7-3-9(16)5-10(17)4-7/h1-6H. The van der Waals surface area contributed by atoms with Gasteiger partial charge in [0.1, 0.15) is 17.5 Å². The monoisotopic (exact) mass is 270 g/mol. The van der Waals surface area contributed by atoms with Gasteiger partial charge in [0.2, 0.25) is 0 Å². The second kappa shape index (κ2) is 4.82. The van der Waals surface area contributed by atoms with Gasteiger partial charge in [0, 0.05) is 17.2 Å². The topological polar surface area (TPSA) is 17.1 Å². The summed E-state index contributed by atoms with van der Waals surface area (Å²) in [5.41, 5.74) is -0.360. The quantitative estimate of drug-likeness (QED) is 0.754. The summed E-state index contributed by atoms with van der Waals surface area (Å²) in [6.07, 6.45) is 0. The van der Waals surface area contributed by atoms with Gasteiger partial charge in [-0.05, 0) is 30.3 Å². The molecule has 92 valence electrons. The Labute approximate surface area is 106 Å². The minimum Gasteiger partial charge on any atom is -0.289 e. The summed E-state index contributed by atoms with van der Waals surface area (Å²) in [6, 6.07) is 5.60. The Morgan fingerprint density at radius 3 is 2.11 bits per heavy atom. The summed E-state index contributed by atoms with van der Waals surface area (Å²) < 4.78 is 39.0. The van der Waals surface area contributed by atoms with Gasteiger partial charge >= 0.3 is 0 Å². The molecule has 18 heavy (non-hydrogen) atoms. The Morgan fingerprint density at radius 2 is 1.50 bits per heavy atom. The van der Waals surface area contributed by atoms with Gasteiger partial charge in [-0.15, -0.1) is 0 Å². The molecule has 2 aromatic rings. The first kappa shape index (κ1) is 12.6. The van der Waals surface area contributed by atoms with E-state index in [1.54, 1.807) is 0 Å². The Kier molecular flexibility index (Phi) is 3.39. The minimum atomic E-state index is -0.883. The summed E-state index contributed by atoms with van der Waals surface area (Å²) in [4.78, 5) is 11.9. The van der Waals surface area contributed by atoms with Crippen LogP contribution in [0.1, 0.15) is 15.9 Å². The predicted molar refractivity (Wildman–Crippen MR) is 61.2 cm³/mol. The summed E-state index contributed by atoms with van der Waals surface area (Å²) >= 11 is 5.75. The highest BCUT2D eigenvalue weighted by molar-refractivity contribution is 6.34. The number of carbonyl (C=O) groups excluding carboxylic acids is 1. The lowest BCUT2D eigenvalue weighted by Crippen LogP contribution is -2.04. The largest absolute Gasteiger partial charge is 0.289 e. The Morgan fingerprint density at radius 1 is 0.889 bits per heavy atom. The van der Waals surface area contributed by atoms with E-state index in [0.29, 0.717) is 6.07 Å². The van der Waals surface area contributed by atoms with Crippen molar-refractivity contribution in [3.8, 4) is 0 Å². The molecule has 0 aromatic heterocycles. The summed E-state index contributed by atoms with van der Waals surface area (Å²) in [5.74, 6) is -3.16. The molecule has 0 saturated heterocycles. The van der Waals surface area contributed by atoms with Crippen LogP contribution in [0.25, 0.3) is 0 Å². The van der Waals surface area contributed by atoms with E-state index in [1.165, 1.54) is 6.07 Å². The van der Waals surface area contributed by atoms with Gasteiger partial charge in [0.05, 0.1) is 5.02 Å². The van der Waals surface area contributed by atoms with Crippen LogP contribution in [0.3, 0.4) is 0 Å². The summed E-state index contributed by atoms with van der Waals surface area (Å²) in [6.45, 7) is 0. The smallest absolute Gasteiger partial charge is 0.194 e. The molecule has 0 bridgehead atoms. The lowest BCUT2D eigenvalue weighted by Gasteiger charge is -2.04. The molecule has 0 N–H and O–H groups in total. The van der Waals surface area contributed by atoms with Crippen molar-refractivity contribution in [2.75, 3.05) is 0 Å². The Bertz CT molecular complexity index is 605. The highest BCUT2D eigenvalue weighted by Gasteiger charge is 2.15. The second-order valence-electron chi connectivity index (χ2n) is 3.61.